The van der Waals surface area contributed by atoms with Crippen LogP contribution in [0.1, 0.15) is 32.3 Å². The molecule has 1 heterocycles. The van der Waals surface area contributed by atoms with Crippen molar-refractivity contribution in [1.29, 1.82) is 0 Å². The van der Waals surface area contributed by atoms with Crippen LogP contribution in [0.4, 0.5) is 4.39 Å². The van der Waals surface area contributed by atoms with Gasteiger partial charge in [-0.2, -0.15) is 0 Å². The molecule has 1 aliphatic carbocycles. The summed E-state index contributed by atoms with van der Waals surface area (Å²) < 4.78 is 13.3. The Balaban J connectivity index is 2.53. The zero-order chi connectivity index (χ0) is 14.2. The fraction of sp³-hybridized carbons (Fsp3) is 0.462. The first-order valence-electron chi connectivity index (χ1n) is 6.01. The summed E-state index contributed by atoms with van der Waals surface area (Å²) >= 11 is 0. The molecule has 1 aliphatic rings. The Morgan fingerprint density at radius 3 is 2.53 bits per heavy atom. The zero-order valence-electron chi connectivity index (χ0n) is 10.8. The standard InChI is InChI=1S/C13H15FN2O3/c1-8(17)16(11-3-4-11)13(2,12(18)19)9-5-10(14)7-15-6-9/h5-7,11H,3-4H2,1-2H3,(H,18,19). The number of aromatic nitrogens is 1. The molecule has 102 valence electrons. The molecule has 5 nitrogen and oxygen atoms in total. The molecule has 0 aromatic carbocycles. The molecule has 1 N–H and O–H groups in total. The van der Waals surface area contributed by atoms with Gasteiger partial charge in [-0.25, -0.2) is 9.18 Å². The van der Waals surface area contributed by atoms with Crippen LogP contribution in [0.5, 0.6) is 0 Å². The molecule has 2 rings (SSSR count). The summed E-state index contributed by atoms with van der Waals surface area (Å²) in [6.45, 7) is 2.73. The number of aliphatic carboxylic acids is 1. The number of nitrogens with zero attached hydrogens (tertiary/aromatic N) is 2. The van der Waals surface area contributed by atoms with E-state index < -0.39 is 17.3 Å². The van der Waals surface area contributed by atoms with Gasteiger partial charge < -0.3 is 10.0 Å². The number of pyridine rings is 1. The first-order valence-corrected chi connectivity index (χ1v) is 6.01. The number of halogens is 1. The second kappa shape index (κ2) is 4.60. The average molecular weight is 266 g/mol. The summed E-state index contributed by atoms with van der Waals surface area (Å²) in [5.41, 5.74) is -1.43. The van der Waals surface area contributed by atoms with Gasteiger partial charge in [0.05, 0.1) is 6.20 Å². The lowest BCUT2D eigenvalue weighted by Crippen LogP contribution is -2.53. The zero-order valence-corrected chi connectivity index (χ0v) is 10.8. The normalized spacial score (nSPS) is 17.6. The average Bonchev–Trinajstić information content (AvgIpc) is 3.12. The monoisotopic (exact) mass is 266 g/mol. The smallest absolute Gasteiger partial charge is 0.334 e. The number of carbonyl (C=O) groups is 2. The molecule has 1 amide bonds. The van der Waals surface area contributed by atoms with Crippen molar-refractivity contribution in [3.05, 3.63) is 29.8 Å². The number of carboxylic acid groups (broad SMARTS) is 1. The van der Waals surface area contributed by atoms with E-state index in [1.165, 1.54) is 24.9 Å². The highest BCUT2D eigenvalue weighted by atomic mass is 19.1. The first-order chi connectivity index (χ1) is 8.87. The molecule has 1 fully saturated rings. The van der Waals surface area contributed by atoms with Crippen molar-refractivity contribution < 1.29 is 19.1 Å². The van der Waals surface area contributed by atoms with Crippen molar-refractivity contribution in [3.8, 4) is 0 Å². The minimum Gasteiger partial charge on any atom is -0.479 e. The van der Waals surface area contributed by atoms with Crippen LogP contribution in [0.25, 0.3) is 0 Å². The molecule has 1 saturated carbocycles. The van der Waals surface area contributed by atoms with Crippen molar-refractivity contribution in [2.75, 3.05) is 0 Å². The van der Waals surface area contributed by atoms with E-state index in [-0.39, 0.29) is 17.5 Å². The van der Waals surface area contributed by atoms with Crippen LogP contribution in [-0.2, 0) is 15.1 Å². The molecule has 19 heavy (non-hydrogen) atoms. The molecule has 0 spiro atoms. The maximum atomic E-state index is 13.3. The van der Waals surface area contributed by atoms with Gasteiger partial charge in [0.25, 0.3) is 0 Å². The molecule has 0 radical (unpaired) electrons. The van der Waals surface area contributed by atoms with Crippen molar-refractivity contribution in [3.63, 3.8) is 0 Å². The third kappa shape index (κ3) is 2.30. The lowest BCUT2D eigenvalue weighted by Gasteiger charge is -2.37. The molecule has 1 unspecified atom stereocenters. The highest BCUT2D eigenvalue weighted by Gasteiger charge is 2.49. The third-order valence-corrected chi connectivity index (χ3v) is 3.42. The summed E-state index contributed by atoms with van der Waals surface area (Å²) in [4.78, 5) is 28.4. The molecular weight excluding hydrogens is 251 g/mol. The van der Waals surface area contributed by atoms with E-state index in [0.29, 0.717) is 0 Å². The van der Waals surface area contributed by atoms with Gasteiger partial charge in [0.2, 0.25) is 5.91 Å². The van der Waals surface area contributed by atoms with Crippen LogP contribution >= 0.6 is 0 Å². The molecule has 6 heteroatoms. The van der Waals surface area contributed by atoms with Gasteiger partial charge in [-0.05, 0) is 25.8 Å². The van der Waals surface area contributed by atoms with E-state index in [9.17, 15) is 19.1 Å². The highest BCUT2D eigenvalue weighted by Crippen LogP contribution is 2.38. The number of amides is 1. The SMILES string of the molecule is CC(=O)N(C1CC1)C(C)(C(=O)O)c1cncc(F)c1. The van der Waals surface area contributed by atoms with Crippen LogP contribution in [-0.4, -0.2) is 32.9 Å². The number of hydrogen-bond acceptors (Lipinski definition) is 3. The van der Waals surface area contributed by atoms with Crippen LogP contribution in [0.15, 0.2) is 18.5 Å². The van der Waals surface area contributed by atoms with E-state index >= 15 is 0 Å². The number of rotatable bonds is 4. The maximum Gasteiger partial charge on any atom is 0.334 e. The second-order valence-electron chi connectivity index (χ2n) is 4.89. The van der Waals surface area contributed by atoms with Crippen molar-refractivity contribution in [2.45, 2.75) is 38.3 Å². The van der Waals surface area contributed by atoms with Gasteiger partial charge >= 0.3 is 5.97 Å². The third-order valence-electron chi connectivity index (χ3n) is 3.42. The summed E-state index contributed by atoms with van der Waals surface area (Å²) in [5, 5.41) is 9.53. The van der Waals surface area contributed by atoms with Crippen molar-refractivity contribution in [1.82, 2.24) is 9.88 Å². The second-order valence-corrected chi connectivity index (χ2v) is 4.89. The summed E-state index contributed by atoms with van der Waals surface area (Å²) in [6.07, 6.45) is 3.83. The highest BCUT2D eigenvalue weighted by molar-refractivity contribution is 5.87. The predicted octanol–water partition coefficient (Wildman–Crippen LogP) is 1.53. The largest absolute Gasteiger partial charge is 0.479 e. The van der Waals surface area contributed by atoms with Crippen molar-refractivity contribution in [2.24, 2.45) is 0 Å². The molecule has 1 aromatic heterocycles. The van der Waals surface area contributed by atoms with E-state index in [4.69, 9.17) is 0 Å². The Bertz CT molecular complexity index is 530. The summed E-state index contributed by atoms with van der Waals surface area (Å²) in [6, 6.07) is 1.02. The molecule has 0 aliphatic heterocycles. The number of hydrogen-bond donors (Lipinski definition) is 1. The minimum absolute atomic E-state index is 0.0955. The molecule has 0 saturated heterocycles. The van der Waals surface area contributed by atoms with Crippen LogP contribution in [0, 0.1) is 5.82 Å². The topological polar surface area (TPSA) is 70.5 Å². The van der Waals surface area contributed by atoms with Gasteiger partial charge in [-0.15, -0.1) is 0 Å². The van der Waals surface area contributed by atoms with Crippen LogP contribution in [0.2, 0.25) is 0 Å². The van der Waals surface area contributed by atoms with Gasteiger partial charge in [-0.1, -0.05) is 0 Å². The molecule has 1 aromatic rings. The Kier molecular flexibility index (Phi) is 3.26. The molecule has 1 atom stereocenters. The van der Waals surface area contributed by atoms with Crippen molar-refractivity contribution >= 4 is 11.9 Å². The minimum atomic E-state index is -1.60. The summed E-state index contributed by atoms with van der Waals surface area (Å²) in [5.74, 6) is -2.15. The Hall–Kier alpha value is -1.98. The fourth-order valence-corrected chi connectivity index (χ4v) is 2.31. The fourth-order valence-electron chi connectivity index (χ4n) is 2.31. The lowest BCUT2D eigenvalue weighted by molar-refractivity contribution is -0.159. The Morgan fingerprint density at radius 2 is 2.11 bits per heavy atom. The van der Waals surface area contributed by atoms with Gasteiger partial charge in [0, 0.05) is 24.7 Å². The first kappa shape index (κ1) is 13.5. The van der Waals surface area contributed by atoms with E-state index in [2.05, 4.69) is 4.98 Å². The number of carbonyl (C=O) groups excluding carboxylic acids is 1. The lowest BCUT2D eigenvalue weighted by atomic mass is 9.90. The van der Waals surface area contributed by atoms with Crippen LogP contribution in [0.3, 0.4) is 0 Å². The van der Waals surface area contributed by atoms with E-state index in [1.54, 1.807) is 0 Å². The quantitative estimate of drug-likeness (QED) is 0.897. The predicted molar refractivity (Wildman–Crippen MR) is 64.7 cm³/mol. The number of carboxylic acids is 1. The Labute approximate surface area is 110 Å². The van der Waals surface area contributed by atoms with E-state index in [1.807, 2.05) is 0 Å². The van der Waals surface area contributed by atoms with Gasteiger partial charge in [0.15, 0.2) is 5.54 Å². The molecular formula is C13H15FN2O3. The van der Waals surface area contributed by atoms with Gasteiger partial charge in [0.1, 0.15) is 5.82 Å². The summed E-state index contributed by atoms with van der Waals surface area (Å²) in [7, 11) is 0. The van der Waals surface area contributed by atoms with Gasteiger partial charge in [-0.3, -0.25) is 9.78 Å². The van der Waals surface area contributed by atoms with E-state index in [0.717, 1.165) is 25.1 Å². The molecule has 0 bridgehead atoms. The Morgan fingerprint density at radius 1 is 1.47 bits per heavy atom. The van der Waals surface area contributed by atoms with Crippen LogP contribution < -0.4 is 0 Å². The maximum absolute atomic E-state index is 13.3.